The number of hydrogen-bond acceptors (Lipinski definition) is 1. The van der Waals surface area contributed by atoms with Crippen LogP contribution >= 0.6 is 0 Å². The van der Waals surface area contributed by atoms with Crippen molar-refractivity contribution in [2.45, 2.75) is 20.8 Å². The minimum atomic E-state index is 0.400. The van der Waals surface area contributed by atoms with Gasteiger partial charge >= 0.3 is 0 Å². The second-order valence-corrected chi connectivity index (χ2v) is 2.66. The van der Waals surface area contributed by atoms with Gasteiger partial charge in [-0.05, 0) is 18.4 Å². The van der Waals surface area contributed by atoms with E-state index in [2.05, 4.69) is 20.4 Å². The van der Waals surface area contributed by atoms with Gasteiger partial charge in [-0.3, -0.25) is 0 Å². The van der Waals surface area contributed by atoms with E-state index in [0.717, 1.165) is 11.1 Å². The molecular weight excluding hydrogens is 122 g/mol. The van der Waals surface area contributed by atoms with Crippen LogP contribution < -0.4 is 0 Å². The molecule has 1 nitrogen and oxygen atoms in total. The van der Waals surface area contributed by atoms with Crippen molar-refractivity contribution < 1.29 is 0 Å². The van der Waals surface area contributed by atoms with E-state index in [4.69, 9.17) is 5.26 Å². The maximum absolute atomic E-state index is 8.37. The molecule has 0 amide bonds. The van der Waals surface area contributed by atoms with Crippen molar-refractivity contribution in [2.24, 2.45) is 5.92 Å². The fourth-order valence-corrected chi connectivity index (χ4v) is 0.852. The number of nitriles is 1. The molecule has 0 saturated carbocycles. The molecule has 0 radical (unpaired) electrons. The van der Waals surface area contributed by atoms with Gasteiger partial charge in [-0.1, -0.05) is 26.0 Å². The molecule has 0 rings (SSSR count). The largest absolute Gasteiger partial charge is 0.193 e. The van der Waals surface area contributed by atoms with Gasteiger partial charge in [0.15, 0.2) is 0 Å². The van der Waals surface area contributed by atoms with E-state index in [0.29, 0.717) is 5.92 Å². The van der Waals surface area contributed by atoms with Gasteiger partial charge in [-0.2, -0.15) is 5.26 Å². The highest BCUT2D eigenvalue weighted by Crippen LogP contribution is 2.16. The predicted molar refractivity (Wildman–Crippen MR) is 43.3 cm³/mol. The molecule has 0 heterocycles. The number of allylic oxidation sites excluding steroid dienone is 3. The molecule has 0 spiro atoms. The lowest BCUT2D eigenvalue weighted by molar-refractivity contribution is 0.779. The van der Waals surface area contributed by atoms with Crippen LogP contribution in [0.2, 0.25) is 0 Å². The van der Waals surface area contributed by atoms with Crippen LogP contribution in [0.15, 0.2) is 23.8 Å². The summed E-state index contributed by atoms with van der Waals surface area (Å²) in [5.41, 5.74) is 2.03. The molecule has 0 bridgehead atoms. The quantitative estimate of drug-likeness (QED) is 0.422. The first-order valence-corrected chi connectivity index (χ1v) is 3.35. The second kappa shape index (κ2) is 3.90. The first kappa shape index (κ1) is 8.97. The molecule has 0 aromatic carbocycles. The Morgan fingerprint density at radius 1 is 1.60 bits per heavy atom. The standard InChI is InChI=1S/C9H13N/c1-7(2)9(5-6-10)8(3)4/h5,8H,1H2,2-4H3/b9-5-. The van der Waals surface area contributed by atoms with Crippen LogP contribution in [-0.4, -0.2) is 0 Å². The molecule has 0 aliphatic carbocycles. The lowest BCUT2D eigenvalue weighted by Crippen LogP contribution is -1.93. The third-order valence-electron chi connectivity index (χ3n) is 1.33. The van der Waals surface area contributed by atoms with Crippen LogP contribution in [-0.2, 0) is 0 Å². The number of rotatable bonds is 2. The highest BCUT2D eigenvalue weighted by molar-refractivity contribution is 5.32. The van der Waals surface area contributed by atoms with E-state index in [1.165, 1.54) is 0 Å². The summed E-state index contributed by atoms with van der Waals surface area (Å²) in [4.78, 5) is 0. The molecule has 0 saturated heterocycles. The SMILES string of the molecule is C=C(C)/C(=C/C#N)C(C)C. The fourth-order valence-electron chi connectivity index (χ4n) is 0.852. The molecule has 0 N–H and O–H groups in total. The number of nitrogens with zero attached hydrogens (tertiary/aromatic N) is 1. The van der Waals surface area contributed by atoms with E-state index in [1.807, 2.05) is 13.0 Å². The Kier molecular flexibility index (Phi) is 3.49. The zero-order valence-electron chi connectivity index (χ0n) is 6.81. The number of hydrogen-bond donors (Lipinski definition) is 0. The van der Waals surface area contributed by atoms with Crippen LogP contribution in [0.25, 0.3) is 0 Å². The Hall–Kier alpha value is -1.03. The molecule has 54 valence electrons. The molecular formula is C9H13N. The second-order valence-electron chi connectivity index (χ2n) is 2.66. The summed E-state index contributed by atoms with van der Waals surface area (Å²) >= 11 is 0. The highest BCUT2D eigenvalue weighted by Gasteiger charge is 2.01. The Morgan fingerprint density at radius 2 is 2.10 bits per heavy atom. The maximum atomic E-state index is 8.37. The first-order chi connectivity index (χ1) is 4.59. The minimum absolute atomic E-state index is 0.400. The van der Waals surface area contributed by atoms with Crippen molar-refractivity contribution in [1.29, 1.82) is 5.26 Å². The van der Waals surface area contributed by atoms with Crippen molar-refractivity contribution >= 4 is 0 Å². The Labute approximate surface area is 62.7 Å². The van der Waals surface area contributed by atoms with Gasteiger partial charge in [0.2, 0.25) is 0 Å². The van der Waals surface area contributed by atoms with Gasteiger partial charge in [0.25, 0.3) is 0 Å². The van der Waals surface area contributed by atoms with Gasteiger partial charge in [-0.25, -0.2) is 0 Å². The smallest absolute Gasteiger partial charge is 0.0915 e. The topological polar surface area (TPSA) is 23.8 Å². The van der Waals surface area contributed by atoms with E-state index >= 15 is 0 Å². The predicted octanol–water partition coefficient (Wildman–Crippen LogP) is 2.67. The van der Waals surface area contributed by atoms with Gasteiger partial charge in [0.05, 0.1) is 6.07 Å². The Balaban J connectivity index is 4.47. The summed E-state index contributed by atoms with van der Waals surface area (Å²) < 4.78 is 0. The Bertz CT molecular complexity index is 191. The van der Waals surface area contributed by atoms with Gasteiger partial charge in [-0.15, -0.1) is 0 Å². The van der Waals surface area contributed by atoms with Crippen molar-refractivity contribution in [3.05, 3.63) is 23.8 Å². The van der Waals surface area contributed by atoms with Crippen LogP contribution in [0.4, 0.5) is 0 Å². The third kappa shape index (κ3) is 2.50. The highest BCUT2D eigenvalue weighted by atomic mass is 14.2. The summed E-state index contributed by atoms with van der Waals surface area (Å²) in [6.45, 7) is 9.80. The fraction of sp³-hybridized carbons (Fsp3) is 0.444. The summed E-state index contributed by atoms with van der Waals surface area (Å²) in [6, 6.07) is 2.01. The Morgan fingerprint density at radius 3 is 2.20 bits per heavy atom. The molecule has 10 heavy (non-hydrogen) atoms. The first-order valence-electron chi connectivity index (χ1n) is 3.35. The lowest BCUT2D eigenvalue weighted by Gasteiger charge is -2.07. The zero-order valence-corrected chi connectivity index (χ0v) is 6.81. The van der Waals surface area contributed by atoms with Crippen molar-refractivity contribution in [1.82, 2.24) is 0 Å². The molecule has 0 aromatic rings. The molecule has 0 aliphatic rings. The monoisotopic (exact) mass is 135 g/mol. The van der Waals surface area contributed by atoms with E-state index < -0.39 is 0 Å². The summed E-state index contributed by atoms with van der Waals surface area (Å²) in [7, 11) is 0. The van der Waals surface area contributed by atoms with E-state index in [9.17, 15) is 0 Å². The van der Waals surface area contributed by atoms with E-state index in [-0.39, 0.29) is 0 Å². The van der Waals surface area contributed by atoms with Crippen LogP contribution in [0, 0.1) is 17.2 Å². The van der Waals surface area contributed by atoms with Crippen molar-refractivity contribution in [3.63, 3.8) is 0 Å². The summed E-state index contributed by atoms with van der Waals surface area (Å²) in [6.07, 6.45) is 1.56. The van der Waals surface area contributed by atoms with Crippen LogP contribution in [0.5, 0.6) is 0 Å². The van der Waals surface area contributed by atoms with Crippen LogP contribution in [0.3, 0.4) is 0 Å². The van der Waals surface area contributed by atoms with Crippen LogP contribution in [0.1, 0.15) is 20.8 Å². The third-order valence-corrected chi connectivity index (χ3v) is 1.33. The molecule has 0 atom stereocenters. The average Bonchev–Trinajstić information content (AvgIpc) is 1.81. The normalized spacial score (nSPS) is 11.3. The van der Waals surface area contributed by atoms with Gasteiger partial charge in [0, 0.05) is 6.08 Å². The lowest BCUT2D eigenvalue weighted by atomic mass is 9.97. The molecule has 0 fully saturated rings. The molecule has 0 unspecified atom stereocenters. The summed E-state index contributed by atoms with van der Waals surface area (Å²) in [5.74, 6) is 0.400. The molecule has 0 aromatic heterocycles. The molecule has 1 heteroatoms. The molecule has 0 aliphatic heterocycles. The van der Waals surface area contributed by atoms with Crippen molar-refractivity contribution in [2.75, 3.05) is 0 Å². The van der Waals surface area contributed by atoms with Gasteiger partial charge in [0.1, 0.15) is 0 Å². The summed E-state index contributed by atoms with van der Waals surface area (Å²) in [5, 5.41) is 8.37. The van der Waals surface area contributed by atoms with Crippen molar-refractivity contribution in [3.8, 4) is 6.07 Å². The minimum Gasteiger partial charge on any atom is -0.193 e. The average molecular weight is 135 g/mol. The van der Waals surface area contributed by atoms with Gasteiger partial charge < -0.3 is 0 Å². The zero-order chi connectivity index (χ0) is 8.15. The maximum Gasteiger partial charge on any atom is 0.0915 e. The van der Waals surface area contributed by atoms with E-state index in [1.54, 1.807) is 6.08 Å².